The molecule has 0 amide bonds. The van der Waals surface area contributed by atoms with Crippen LogP contribution in [-0.2, 0) is 6.54 Å². The summed E-state index contributed by atoms with van der Waals surface area (Å²) in [5.74, 6) is 6.67. The molecule has 2 N–H and O–H groups in total. The van der Waals surface area contributed by atoms with E-state index in [-0.39, 0.29) is 18.8 Å². The van der Waals surface area contributed by atoms with E-state index in [4.69, 9.17) is 9.84 Å². The molecule has 0 saturated heterocycles. The number of ether oxygens (including phenoxy) is 1. The largest absolute Gasteiger partial charge is 0.495 e. The van der Waals surface area contributed by atoms with Gasteiger partial charge in [0.15, 0.2) is 0 Å². The number of nitrogens with zero attached hydrogens (tertiary/aromatic N) is 1. The van der Waals surface area contributed by atoms with Crippen LogP contribution in [0, 0.1) is 11.8 Å². The Kier molecular flexibility index (Phi) is 6.70. The van der Waals surface area contributed by atoms with Crippen molar-refractivity contribution in [1.29, 1.82) is 0 Å². The van der Waals surface area contributed by atoms with E-state index in [9.17, 15) is 5.11 Å². The van der Waals surface area contributed by atoms with Crippen molar-refractivity contribution in [3.05, 3.63) is 29.3 Å². The van der Waals surface area contributed by atoms with Gasteiger partial charge in [-0.3, -0.25) is 4.90 Å². The second-order valence-electron chi connectivity index (χ2n) is 5.64. The molecule has 0 bridgehead atoms. The Hall–Kier alpha value is -1.54. The lowest BCUT2D eigenvalue weighted by Crippen LogP contribution is -2.43. The van der Waals surface area contributed by atoms with Gasteiger partial charge in [-0.2, -0.15) is 0 Å². The lowest BCUT2D eigenvalue weighted by molar-refractivity contribution is 0.0734. The van der Waals surface area contributed by atoms with Gasteiger partial charge in [0.1, 0.15) is 5.75 Å². The fourth-order valence-corrected chi connectivity index (χ4v) is 1.77. The predicted molar refractivity (Wildman–Crippen MR) is 84.2 cm³/mol. The van der Waals surface area contributed by atoms with Crippen molar-refractivity contribution in [3.63, 3.8) is 0 Å². The first-order chi connectivity index (χ1) is 9.94. The Morgan fingerprint density at radius 3 is 2.57 bits per heavy atom. The molecule has 0 fully saturated rings. The molecule has 0 aromatic heterocycles. The molecule has 4 nitrogen and oxygen atoms in total. The number of hydrogen-bond donors (Lipinski definition) is 2. The topological polar surface area (TPSA) is 52.9 Å². The summed E-state index contributed by atoms with van der Waals surface area (Å²) in [6, 6.07) is 5.89. The maximum Gasteiger partial charge on any atom is 0.134 e. The second-order valence-corrected chi connectivity index (χ2v) is 5.64. The van der Waals surface area contributed by atoms with Crippen molar-refractivity contribution in [2.75, 3.05) is 27.4 Å². The summed E-state index contributed by atoms with van der Waals surface area (Å²) in [6.45, 7) is 4.87. The third-order valence-corrected chi connectivity index (χ3v) is 3.56. The Morgan fingerprint density at radius 2 is 2.00 bits per heavy atom. The van der Waals surface area contributed by atoms with E-state index in [1.54, 1.807) is 7.11 Å². The average Bonchev–Trinajstić information content (AvgIpc) is 2.47. The van der Waals surface area contributed by atoms with E-state index < -0.39 is 0 Å². The van der Waals surface area contributed by atoms with E-state index >= 15 is 0 Å². The van der Waals surface area contributed by atoms with Gasteiger partial charge in [0, 0.05) is 18.5 Å². The molecule has 0 saturated carbocycles. The van der Waals surface area contributed by atoms with Crippen LogP contribution in [0.1, 0.15) is 31.4 Å². The highest BCUT2D eigenvalue weighted by Crippen LogP contribution is 2.21. The number of aliphatic hydroxyl groups is 2. The zero-order chi connectivity index (χ0) is 15.9. The van der Waals surface area contributed by atoms with Crippen LogP contribution in [-0.4, -0.2) is 48.0 Å². The van der Waals surface area contributed by atoms with Gasteiger partial charge < -0.3 is 14.9 Å². The third kappa shape index (κ3) is 5.05. The standard InChI is InChI=1S/C17H25NO3/c1-17(2,13-20)18(3)12-14-8-9-16(21-4)15(11-14)7-5-6-10-19/h8-9,11,19-20H,6,10,12-13H2,1-4H3. The molecule has 0 aliphatic rings. The van der Waals surface area contributed by atoms with Crippen molar-refractivity contribution in [2.45, 2.75) is 32.4 Å². The second kappa shape index (κ2) is 8.04. The van der Waals surface area contributed by atoms with Crippen LogP contribution < -0.4 is 4.74 Å². The summed E-state index contributed by atoms with van der Waals surface area (Å²) in [4.78, 5) is 2.10. The summed E-state index contributed by atoms with van der Waals surface area (Å²) in [5, 5.41) is 18.2. The van der Waals surface area contributed by atoms with E-state index in [0.717, 1.165) is 16.9 Å². The van der Waals surface area contributed by atoms with Gasteiger partial charge in [-0.15, -0.1) is 0 Å². The predicted octanol–water partition coefficient (Wildman–Crippen LogP) is 1.63. The molecule has 0 heterocycles. The number of rotatable bonds is 6. The highest BCUT2D eigenvalue weighted by Gasteiger charge is 2.22. The quantitative estimate of drug-likeness (QED) is 0.782. The van der Waals surface area contributed by atoms with E-state index in [0.29, 0.717) is 13.0 Å². The van der Waals surface area contributed by atoms with Gasteiger partial charge in [-0.25, -0.2) is 0 Å². The Balaban J connectivity index is 2.95. The Labute approximate surface area is 127 Å². The number of benzene rings is 1. The van der Waals surface area contributed by atoms with Gasteiger partial charge in [0.25, 0.3) is 0 Å². The van der Waals surface area contributed by atoms with Crippen LogP contribution in [0.4, 0.5) is 0 Å². The van der Waals surface area contributed by atoms with Gasteiger partial charge in [0.2, 0.25) is 0 Å². The summed E-state index contributed by atoms with van der Waals surface area (Å²) in [5.41, 5.74) is 1.65. The molecule has 0 unspecified atom stereocenters. The molecule has 1 rings (SSSR count). The van der Waals surface area contributed by atoms with Crippen LogP contribution in [0.5, 0.6) is 5.75 Å². The fourth-order valence-electron chi connectivity index (χ4n) is 1.77. The number of methoxy groups -OCH3 is 1. The number of hydrogen-bond acceptors (Lipinski definition) is 4. The SMILES string of the molecule is COc1ccc(CN(C)C(C)(C)CO)cc1C#CCCO. The van der Waals surface area contributed by atoms with Gasteiger partial charge in [-0.1, -0.05) is 17.9 Å². The summed E-state index contributed by atoms with van der Waals surface area (Å²) in [7, 11) is 3.60. The van der Waals surface area contributed by atoms with Crippen molar-refractivity contribution in [1.82, 2.24) is 4.90 Å². The van der Waals surface area contributed by atoms with Crippen LogP contribution in [0.25, 0.3) is 0 Å². The van der Waals surface area contributed by atoms with Crippen molar-refractivity contribution in [3.8, 4) is 17.6 Å². The first kappa shape index (κ1) is 17.5. The zero-order valence-electron chi connectivity index (χ0n) is 13.3. The van der Waals surface area contributed by atoms with Gasteiger partial charge >= 0.3 is 0 Å². The lowest BCUT2D eigenvalue weighted by Gasteiger charge is -2.34. The third-order valence-electron chi connectivity index (χ3n) is 3.56. The minimum atomic E-state index is -0.275. The molecule has 0 radical (unpaired) electrons. The van der Waals surface area contributed by atoms with Crippen LogP contribution in [0.3, 0.4) is 0 Å². The lowest BCUT2D eigenvalue weighted by atomic mass is 10.0. The van der Waals surface area contributed by atoms with Crippen LogP contribution in [0.2, 0.25) is 0 Å². The maximum atomic E-state index is 9.41. The van der Waals surface area contributed by atoms with E-state index in [1.807, 2.05) is 39.1 Å². The summed E-state index contributed by atoms with van der Waals surface area (Å²) < 4.78 is 5.31. The zero-order valence-corrected chi connectivity index (χ0v) is 13.3. The van der Waals surface area contributed by atoms with Crippen molar-refractivity contribution >= 4 is 0 Å². The summed E-state index contributed by atoms with van der Waals surface area (Å²) in [6.07, 6.45) is 0.449. The average molecular weight is 291 g/mol. The number of likely N-dealkylation sites (N-methyl/N-ethyl adjacent to an activating group) is 1. The Morgan fingerprint density at radius 1 is 1.29 bits per heavy atom. The smallest absolute Gasteiger partial charge is 0.134 e. The molecule has 0 spiro atoms. The molecule has 116 valence electrons. The minimum Gasteiger partial charge on any atom is -0.495 e. The van der Waals surface area contributed by atoms with E-state index in [2.05, 4.69) is 16.7 Å². The van der Waals surface area contributed by atoms with Crippen LogP contribution >= 0.6 is 0 Å². The number of aliphatic hydroxyl groups excluding tert-OH is 2. The molecule has 0 atom stereocenters. The van der Waals surface area contributed by atoms with Crippen molar-refractivity contribution in [2.24, 2.45) is 0 Å². The van der Waals surface area contributed by atoms with Crippen LogP contribution in [0.15, 0.2) is 18.2 Å². The first-order valence-electron chi connectivity index (χ1n) is 7.03. The minimum absolute atomic E-state index is 0.0580. The molecule has 4 heteroatoms. The van der Waals surface area contributed by atoms with Crippen molar-refractivity contribution < 1.29 is 14.9 Å². The summed E-state index contributed by atoms with van der Waals surface area (Å²) >= 11 is 0. The monoisotopic (exact) mass is 291 g/mol. The highest BCUT2D eigenvalue weighted by molar-refractivity contribution is 5.48. The molecular formula is C17H25NO3. The Bertz CT molecular complexity index is 515. The molecular weight excluding hydrogens is 266 g/mol. The highest BCUT2D eigenvalue weighted by atomic mass is 16.5. The fraction of sp³-hybridized carbons (Fsp3) is 0.529. The molecule has 0 aliphatic carbocycles. The molecule has 1 aromatic carbocycles. The molecule has 0 aliphatic heterocycles. The van der Waals surface area contributed by atoms with Gasteiger partial charge in [0.05, 0.1) is 25.9 Å². The maximum absolute atomic E-state index is 9.41. The van der Waals surface area contributed by atoms with E-state index in [1.165, 1.54) is 0 Å². The van der Waals surface area contributed by atoms with Gasteiger partial charge in [-0.05, 0) is 38.6 Å². The molecule has 1 aromatic rings. The normalized spacial score (nSPS) is 11.2. The molecule has 21 heavy (non-hydrogen) atoms. The first-order valence-corrected chi connectivity index (χ1v) is 7.03.